The van der Waals surface area contributed by atoms with E-state index >= 15 is 0 Å². The van der Waals surface area contributed by atoms with Crippen LogP contribution in [-0.4, -0.2) is 45.0 Å². The maximum atomic E-state index is 11.5. The predicted molar refractivity (Wildman–Crippen MR) is 62.3 cm³/mol. The number of aliphatic hydroxyl groups is 1. The molecule has 0 aromatic heterocycles. The van der Waals surface area contributed by atoms with Crippen LogP contribution in [0.3, 0.4) is 0 Å². The van der Waals surface area contributed by atoms with E-state index in [0.717, 1.165) is 0 Å². The van der Waals surface area contributed by atoms with Crippen molar-refractivity contribution in [2.75, 3.05) is 0 Å². The highest BCUT2D eigenvalue weighted by molar-refractivity contribution is 7.81. The van der Waals surface area contributed by atoms with Crippen molar-refractivity contribution in [3.05, 3.63) is 0 Å². The van der Waals surface area contributed by atoms with E-state index in [-0.39, 0.29) is 0 Å². The number of carbonyl (C=O) groups excluding carboxylic acids is 1. The second-order valence-corrected chi connectivity index (χ2v) is 5.35. The first kappa shape index (κ1) is 15.2. The summed E-state index contributed by atoms with van der Waals surface area (Å²) in [5.74, 6) is -1.92. The number of aliphatic hydroxyl groups excluding tert-OH is 1. The maximum absolute atomic E-state index is 11.5. The van der Waals surface area contributed by atoms with Crippen LogP contribution >= 0.6 is 12.6 Å². The summed E-state index contributed by atoms with van der Waals surface area (Å²) >= 11 is 4.09. The van der Waals surface area contributed by atoms with Crippen molar-refractivity contribution < 1.29 is 19.8 Å². The largest absolute Gasteiger partial charge is 0.480 e. The summed E-state index contributed by atoms with van der Waals surface area (Å²) in [6.07, 6.45) is -1.04. The molecule has 3 atom stereocenters. The minimum absolute atomic E-state index is 0.718. The van der Waals surface area contributed by atoms with Gasteiger partial charge in [0, 0.05) is 4.75 Å². The summed E-state index contributed by atoms with van der Waals surface area (Å²) in [5, 5.41) is 20.2. The van der Waals surface area contributed by atoms with Gasteiger partial charge in [-0.2, -0.15) is 12.6 Å². The average molecular weight is 250 g/mol. The van der Waals surface area contributed by atoms with Crippen molar-refractivity contribution in [3.8, 4) is 0 Å². The number of thiol groups is 1. The van der Waals surface area contributed by atoms with Gasteiger partial charge >= 0.3 is 5.97 Å². The van der Waals surface area contributed by atoms with Gasteiger partial charge in [-0.05, 0) is 20.8 Å². The molecule has 6 nitrogen and oxygen atoms in total. The lowest BCUT2D eigenvalue weighted by Crippen LogP contribution is -2.57. The van der Waals surface area contributed by atoms with Gasteiger partial charge in [0.2, 0.25) is 5.91 Å². The Morgan fingerprint density at radius 3 is 2.12 bits per heavy atom. The molecule has 0 fully saturated rings. The number of carbonyl (C=O) groups is 2. The third kappa shape index (κ3) is 4.38. The van der Waals surface area contributed by atoms with Crippen molar-refractivity contribution in [1.29, 1.82) is 0 Å². The Hall–Kier alpha value is -0.790. The maximum Gasteiger partial charge on any atom is 0.327 e. The van der Waals surface area contributed by atoms with Gasteiger partial charge in [-0.25, -0.2) is 4.79 Å². The van der Waals surface area contributed by atoms with Crippen LogP contribution in [0.4, 0.5) is 0 Å². The summed E-state index contributed by atoms with van der Waals surface area (Å²) in [6.45, 7) is 4.47. The smallest absolute Gasteiger partial charge is 0.327 e. The second-order valence-electron chi connectivity index (χ2n) is 4.20. The Bertz CT molecular complexity index is 275. The van der Waals surface area contributed by atoms with E-state index in [1.54, 1.807) is 13.8 Å². The molecule has 16 heavy (non-hydrogen) atoms. The molecule has 94 valence electrons. The van der Waals surface area contributed by atoms with Crippen molar-refractivity contribution in [1.82, 2.24) is 5.32 Å². The fraction of sp³-hybridized carbons (Fsp3) is 0.778. The van der Waals surface area contributed by atoms with Crippen LogP contribution in [0, 0.1) is 0 Å². The van der Waals surface area contributed by atoms with Gasteiger partial charge in [0.1, 0.15) is 12.1 Å². The highest BCUT2D eigenvalue weighted by Crippen LogP contribution is 2.17. The van der Waals surface area contributed by atoms with E-state index in [1.165, 1.54) is 6.92 Å². The van der Waals surface area contributed by atoms with Crippen LogP contribution in [0.25, 0.3) is 0 Å². The highest BCUT2D eigenvalue weighted by atomic mass is 32.1. The van der Waals surface area contributed by atoms with E-state index < -0.39 is 34.8 Å². The lowest BCUT2D eigenvalue weighted by molar-refractivity contribution is -0.143. The number of nitrogens with two attached hydrogens (primary N) is 1. The molecule has 0 saturated carbocycles. The lowest BCUT2D eigenvalue weighted by Gasteiger charge is -2.28. The molecule has 0 unspecified atom stereocenters. The molecule has 0 radical (unpaired) electrons. The number of nitrogens with one attached hydrogen (secondary N) is 1. The fourth-order valence-corrected chi connectivity index (χ4v) is 1.17. The summed E-state index contributed by atoms with van der Waals surface area (Å²) < 4.78 is -0.931. The molecule has 0 aliphatic carbocycles. The zero-order valence-electron chi connectivity index (χ0n) is 9.47. The molecule has 0 saturated heterocycles. The van der Waals surface area contributed by atoms with Gasteiger partial charge in [0.05, 0.1) is 6.10 Å². The molecule has 0 rings (SSSR count). The van der Waals surface area contributed by atoms with Gasteiger partial charge in [0.25, 0.3) is 0 Å². The normalized spacial score (nSPS) is 17.4. The van der Waals surface area contributed by atoms with Gasteiger partial charge in [-0.3, -0.25) is 4.79 Å². The number of amides is 1. The summed E-state index contributed by atoms with van der Waals surface area (Å²) in [4.78, 5) is 22.4. The molecule has 0 bridgehead atoms. The number of aliphatic carboxylic acids is 1. The molecular weight excluding hydrogens is 232 g/mol. The number of carboxylic acid groups (broad SMARTS) is 1. The van der Waals surface area contributed by atoms with E-state index in [2.05, 4.69) is 17.9 Å². The molecule has 1 amide bonds. The summed E-state index contributed by atoms with van der Waals surface area (Å²) in [7, 11) is 0. The van der Waals surface area contributed by atoms with Crippen LogP contribution in [-0.2, 0) is 9.59 Å². The molecule has 0 aromatic carbocycles. The average Bonchev–Trinajstić information content (AvgIpc) is 2.09. The Kier molecular flexibility index (Phi) is 5.24. The zero-order valence-corrected chi connectivity index (χ0v) is 10.4. The first-order valence-corrected chi connectivity index (χ1v) is 5.21. The third-order valence-corrected chi connectivity index (χ3v) is 2.32. The number of carboxylic acids is 1. The van der Waals surface area contributed by atoms with Crippen molar-refractivity contribution in [3.63, 3.8) is 0 Å². The van der Waals surface area contributed by atoms with Gasteiger partial charge < -0.3 is 21.3 Å². The lowest BCUT2D eigenvalue weighted by atomic mass is 10.0. The Morgan fingerprint density at radius 2 is 1.88 bits per heavy atom. The molecule has 0 heterocycles. The zero-order chi connectivity index (χ0) is 13.1. The van der Waals surface area contributed by atoms with Crippen LogP contribution in [0.15, 0.2) is 0 Å². The monoisotopic (exact) mass is 250 g/mol. The first-order valence-electron chi connectivity index (χ1n) is 4.76. The van der Waals surface area contributed by atoms with E-state index in [9.17, 15) is 9.59 Å². The summed E-state index contributed by atoms with van der Waals surface area (Å²) in [6, 6.07) is -2.33. The molecule has 0 aliphatic rings. The van der Waals surface area contributed by atoms with E-state index in [1.807, 2.05) is 0 Å². The second kappa shape index (κ2) is 5.51. The topological polar surface area (TPSA) is 113 Å². The summed E-state index contributed by atoms with van der Waals surface area (Å²) in [5.41, 5.74) is 5.37. The van der Waals surface area contributed by atoms with Crippen molar-refractivity contribution in [2.24, 2.45) is 5.73 Å². The Balaban J connectivity index is 4.67. The molecule has 0 aromatic rings. The highest BCUT2D eigenvalue weighted by Gasteiger charge is 2.35. The van der Waals surface area contributed by atoms with Crippen molar-refractivity contribution in [2.45, 2.75) is 43.7 Å². The van der Waals surface area contributed by atoms with Gasteiger partial charge in [-0.1, -0.05) is 0 Å². The number of rotatable bonds is 5. The molecule has 0 aliphatic heterocycles. The predicted octanol–water partition coefficient (Wildman–Crippen LogP) is -1.03. The van der Waals surface area contributed by atoms with Crippen LogP contribution in [0.5, 0.6) is 0 Å². The van der Waals surface area contributed by atoms with Crippen LogP contribution in [0.2, 0.25) is 0 Å². The van der Waals surface area contributed by atoms with Crippen molar-refractivity contribution >= 4 is 24.5 Å². The van der Waals surface area contributed by atoms with E-state index in [4.69, 9.17) is 15.9 Å². The van der Waals surface area contributed by atoms with Gasteiger partial charge in [0.15, 0.2) is 0 Å². The van der Waals surface area contributed by atoms with Gasteiger partial charge in [-0.15, -0.1) is 0 Å². The standard InChI is InChI=1S/C9H18N2O4S/c1-4(12)5(10)7(13)11-6(8(14)15)9(2,3)16/h4-6,12,16H,10H2,1-3H3,(H,11,13)(H,14,15)/t4-,5+,6-/m1/s1. The molecule has 7 heteroatoms. The number of hydrogen-bond donors (Lipinski definition) is 5. The molecular formula is C9H18N2O4S. The number of hydrogen-bond acceptors (Lipinski definition) is 5. The van der Waals surface area contributed by atoms with Crippen LogP contribution < -0.4 is 11.1 Å². The SMILES string of the molecule is C[C@@H](O)[C@H](N)C(=O)N[C@H](C(=O)O)C(C)(C)S. The fourth-order valence-electron chi connectivity index (χ4n) is 0.998. The first-order chi connectivity index (χ1) is 7.07. The molecule has 5 N–H and O–H groups in total. The minimum atomic E-state index is -1.20. The molecule has 0 spiro atoms. The Labute approximate surface area is 99.6 Å². The quantitative estimate of drug-likeness (QED) is 0.401. The minimum Gasteiger partial charge on any atom is -0.480 e. The van der Waals surface area contributed by atoms with E-state index in [0.29, 0.717) is 0 Å². The Morgan fingerprint density at radius 1 is 1.44 bits per heavy atom. The third-order valence-electron chi connectivity index (χ3n) is 2.06. The van der Waals surface area contributed by atoms with Crippen LogP contribution in [0.1, 0.15) is 20.8 Å².